The molecule has 3 heteroatoms. The van der Waals surface area contributed by atoms with Gasteiger partial charge in [0.15, 0.2) is 0 Å². The molecule has 2 nitrogen and oxygen atoms in total. The quantitative estimate of drug-likeness (QED) is 0.837. The van der Waals surface area contributed by atoms with Crippen LogP contribution >= 0.6 is 15.9 Å². The van der Waals surface area contributed by atoms with E-state index >= 15 is 0 Å². The number of ether oxygens (including phenoxy) is 1. The lowest BCUT2D eigenvalue weighted by Gasteiger charge is -2.07. The molecule has 0 aliphatic heterocycles. The van der Waals surface area contributed by atoms with Crippen molar-refractivity contribution in [2.75, 3.05) is 5.73 Å². The first-order valence-electron chi connectivity index (χ1n) is 4.53. The van der Waals surface area contributed by atoms with Gasteiger partial charge in [0, 0.05) is 4.47 Å². The maximum atomic E-state index is 5.77. The van der Waals surface area contributed by atoms with E-state index in [1.54, 1.807) is 0 Å². The van der Waals surface area contributed by atoms with Crippen molar-refractivity contribution in [3.63, 3.8) is 0 Å². The molecule has 0 amide bonds. The highest BCUT2D eigenvalue weighted by Crippen LogP contribution is 2.28. The molecule has 2 rings (SSSR count). The van der Waals surface area contributed by atoms with E-state index in [4.69, 9.17) is 10.5 Å². The summed E-state index contributed by atoms with van der Waals surface area (Å²) in [6.45, 7) is 0. The minimum absolute atomic E-state index is 0.637. The van der Waals surface area contributed by atoms with Crippen LogP contribution in [0.15, 0.2) is 53.0 Å². The Labute approximate surface area is 96.8 Å². The van der Waals surface area contributed by atoms with E-state index in [1.807, 2.05) is 48.5 Å². The summed E-state index contributed by atoms with van der Waals surface area (Å²) in [5.41, 5.74) is 6.41. The lowest BCUT2D eigenvalue weighted by Crippen LogP contribution is -1.90. The van der Waals surface area contributed by atoms with Crippen molar-refractivity contribution in [3.8, 4) is 11.5 Å². The second kappa shape index (κ2) is 4.36. The number of hydrogen-bond donors (Lipinski definition) is 1. The summed E-state index contributed by atoms with van der Waals surface area (Å²) >= 11 is 3.38. The van der Waals surface area contributed by atoms with E-state index in [2.05, 4.69) is 15.9 Å². The smallest absolute Gasteiger partial charge is 0.150 e. The van der Waals surface area contributed by atoms with Crippen molar-refractivity contribution >= 4 is 21.6 Å². The zero-order valence-electron chi connectivity index (χ0n) is 7.98. The summed E-state index contributed by atoms with van der Waals surface area (Å²) in [6, 6.07) is 15.1. The molecule has 0 heterocycles. The third-order valence-electron chi connectivity index (χ3n) is 1.94. The molecule has 0 spiro atoms. The van der Waals surface area contributed by atoms with Gasteiger partial charge in [-0.3, -0.25) is 0 Å². The SMILES string of the molecule is Nc1ccccc1Oc1cccc(Br)c1. The Morgan fingerprint density at radius 3 is 2.53 bits per heavy atom. The van der Waals surface area contributed by atoms with Gasteiger partial charge in [0.1, 0.15) is 11.5 Å². The molecule has 0 aliphatic rings. The van der Waals surface area contributed by atoms with Crippen LogP contribution in [0.1, 0.15) is 0 Å². The molecular formula is C12H10BrNO. The van der Waals surface area contributed by atoms with E-state index in [-0.39, 0.29) is 0 Å². The largest absolute Gasteiger partial charge is 0.455 e. The molecular weight excluding hydrogens is 254 g/mol. The van der Waals surface area contributed by atoms with Gasteiger partial charge in [-0.25, -0.2) is 0 Å². The molecule has 0 saturated heterocycles. The predicted molar refractivity (Wildman–Crippen MR) is 65.1 cm³/mol. The summed E-state index contributed by atoms with van der Waals surface area (Å²) < 4.78 is 6.62. The third kappa shape index (κ3) is 2.50. The number of nitrogens with two attached hydrogens (primary N) is 1. The molecule has 76 valence electrons. The third-order valence-corrected chi connectivity index (χ3v) is 2.44. The van der Waals surface area contributed by atoms with Gasteiger partial charge >= 0.3 is 0 Å². The summed E-state index contributed by atoms with van der Waals surface area (Å²) in [4.78, 5) is 0. The number of halogens is 1. The number of nitrogen functional groups attached to an aromatic ring is 1. The lowest BCUT2D eigenvalue weighted by molar-refractivity contribution is 0.485. The van der Waals surface area contributed by atoms with Crippen LogP contribution in [0.4, 0.5) is 5.69 Å². The molecule has 0 aliphatic carbocycles. The molecule has 0 aromatic heterocycles. The number of para-hydroxylation sites is 2. The van der Waals surface area contributed by atoms with Gasteiger partial charge in [-0.2, -0.15) is 0 Å². The van der Waals surface area contributed by atoms with Gasteiger partial charge in [0.05, 0.1) is 5.69 Å². The summed E-state index contributed by atoms with van der Waals surface area (Å²) in [5.74, 6) is 1.44. The van der Waals surface area contributed by atoms with Crippen molar-refractivity contribution in [1.82, 2.24) is 0 Å². The molecule has 2 aromatic carbocycles. The molecule has 2 aromatic rings. The van der Waals surface area contributed by atoms with Gasteiger partial charge in [0.25, 0.3) is 0 Å². The Morgan fingerprint density at radius 2 is 1.80 bits per heavy atom. The fourth-order valence-electron chi connectivity index (χ4n) is 1.23. The van der Waals surface area contributed by atoms with Crippen LogP contribution in [0, 0.1) is 0 Å². The van der Waals surface area contributed by atoms with E-state index in [9.17, 15) is 0 Å². The van der Waals surface area contributed by atoms with Gasteiger partial charge < -0.3 is 10.5 Å². The average Bonchev–Trinajstić information content (AvgIpc) is 2.22. The summed E-state index contributed by atoms with van der Waals surface area (Å²) in [5, 5.41) is 0. The van der Waals surface area contributed by atoms with E-state index in [1.165, 1.54) is 0 Å². The number of benzene rings is 2. The Morgan fingerprint density at radius 1 is 1.00 bits per heavy atom. The first-order chi connectivity index (χ1) is 7.25. The zero-order valence-corrected chi connectivity index (χ0v) is 9.57. The van der Waals surface area contributed by atoms with Crippen molar-refractivity contribution in [1.29, 1.82) is 0 Å². The molecule has 0 saturated carbocycles. The van der Waals surface area contributed by atoms with Crippen LogP contribution in [0.2, 0.25) is 0 Å². The van der Waals surface area contributed by atoms with Crippen molar-refractivity contribution in [2.45, 2.75) is 0 Å². The topological polar surface area (TPSA) is 35.2 Å². The fraction of sp³-hybridized carbons (Fsp3) is 0. The maximum Gasteiger partial charge on any atom is 0.150 e. The van der Waals surface area contributed by atoms with Crippen LogP contribution in [0.3, 0.4) is 0 Å². The standard InChI is InChI=1S/C12H10BrNO/c13-9-4-3-5-10(8-9)15-12-7-2-1-6-11(12)14/h1-8H,14H2. The Balaban J connectivity index is 2.26. The predicted octanol–water partition coefficient (Wildman–Crippen LogP) is 3.82. The zero-order chi connectivity index (χ0) is 10.7. The van der Waals surface area contributed by atoms with E-state index in [0.29, 0.717) is 11.4 Å². The monoisotopic (exact) mass is 263 g/mol. The van der Waals surface area contributed by atoms with Crippen LogP contribution < -0.4 is 10.5 Å². The lowest BCUT2D eigenvalue weighted by atomic mass is 10.3. The number of hydrogen-bond acceptors (Lipinski definition) is 2. The second-order valence-electron chi connectivity index (χ2n) is 3.10. The molecule has 0 bridgehead atoms. The summed E-state index contributed by atoms with van der Waals surface area (Å²) in [6.07, 6.45) is 0. The maximum absolute atomic E-state index is 5.77. The average molecular weight is 264 g/mol. The Kier molecular flexibility index (Phi) is 2.92. The van der Waals surface area contributed by atoms with Crippen LogP contribution in [0.25, 0.3) is 0 Å². The van der Waals surface area contributed by atoms with Crippen LogP contribution in [-0.2, 0) is 0 Å². The molecule has 0 atom stereocenters. The highest BCUT2D eigenvalue weighted by Gasteiger charge is 2.00. The summed E-state index contributed by atoms with van der Waals surface area (Å²) in [7, 11) is 0. The van der Waals surface area contributed by atoms with Crippen LogP contribution in [-0.4, -0.2) is 0 Å². The van der Waals surface area contributed by atoms with E-state index in [0.717, 1.165) is 10.2 Å². The van der Waals surface area contributed by atoms with Gasteiger partial charge in [0.2, 0.25) is 0 Å². The molecule has 15 heavy (non-hydrogen) atoms. The first kappa shape index (κ1) is 10.1. The first-order valence-corrected chi connectivity index (χ1v) is 5.33. The minimum atomic E-state index is 0.637. The van der Waals surface area contributed by atoms with Gasteiger partial charge in [-0.15, -0.1) is 0 Å². The van der Waals surface area contributed by atoms with Gasteiger partial charge in [-0.05, 0) is 30.3 Å². The van der Waals surface area contributed by atoms with Crippen molar-refractivity contribution in [2.24, 2.45) is 0 Å². The Bertz CT molecular complexity index is 471. The van der Waals surface area contributed by atoms with Crippen LogP contribution in [0.5, 0.6) is 11.5 Å². The molecule has 2 N–H and O–H groups in total. The molecule has 0 unspecified atom stereocenters. The van der Waals surface area contributed by atoms with E-state index < -0.39 is 0 Å². The molecule has 0 radical (unpaired) electrons. The highest BCUT2D eigenvalue weighted by atomic mass is 79.9. The number of rotatable bonds is 2. The normalized spacial score (nSPS) is 9.93. The number of anilines is 1. The van der Waals surface area contributed by atoms with Gasteiger partial charge in [-0.1, -0.05) is 34.1 Å². The second-order valence-corrected chi connectivity index (χ2v) is 4.01. The van der Waals surface area contributed by atoms with Crippen molar-refractivity contribution < 1.29 is 4.74 Å². The Hall–Kier alpha value is -1.48. The van der Waals surface area contributed by atoms with Crippen molar-refractivity contribution in [3.05, 3.63) is 53.0 Å². The molecule has 0 fully saturated rings. The highest BCUT2D eigenvalue weighted by molar-refractivity contribution is 9.10. The minimum Gasteiger partial charge on any atom is -0.455 e. The fourth-order valence-corrected chi connectivity index (χ4v) is 1.61.